The first-order valence-corrected chi connectivity index (χ1v) is 10.0. The van der Waals surface area contributed by atoms with Crippen LogP contribution in [0.5, 0.6) is 0 Å². The number of amides is 2. The Morgan fingerprint density at radius 2 is 1.93 bits per heavy atom. The van der Waals surface area contributed by atoms with Gasteiger partial charge in [0.25, 0.3) is 0 Å². The van der Waals surface area contributed by atoms with Crippen molar-refractivity contribution in [1.82, 2.24) is 16.0 Å². The first-order chi connectivity index (χ1) is 13.6. The van der Waals surface area contributed by atoms with Gasteiger partial charge in [0, 0.05) is 11.3 Å². The lowest BCUT2D eigenvalue weighted by atomic mass is 10.0. The molecule has 1 aromatic heterocycles. The van der Waals surface area contributed by atoms with Gasteiger partial charge in [-0.1, -0.05) is 36.4 Å². The number of hydrogen-bond acceptors (Lipinski definition) is 6. The van der Waals surface area contributed by atoms with Crippen LogP contribution < -0.4 is 16.0 Å². The summed E-state index contributed by atoms with van der Waals surface area (Å²) in [6.45, 7) is 2.38. The van der Waals surface area contributed by atoms with E-state index in [9.17, 15) is 14.4 Å². The normalized spacial score (nSPS) is 18.8. The summed E-state index contributed by atoms with van der Waals surface area (Å²) in [4.78, 5) is 38.0. The molecule has 148 valence electrons. The van der Waals surface area contributed by atoms with Crippen molar-refractivity contribution in [1.29, 1.82) is 0 Å². The Morgan fingerprint density at radius 3 is 2.61 bits per heavy atom. The first-order valence-electron chi connectivity index (χ1n) is 9.15. The van der Waals surface area contributed by atoms with Gasteiger partial charge in [0.05, 0.1) is 13.2 Å². The first kappa shape index (κ1) is 20.0. The summed E-state index contributed by atoms with van der Waals surface area (Å²) in [5.41, 5.74) is 0.935. The van der Waals surface area contributed by atoms with E-state index in [4.69, 9.17) is 4.74 Å². The van der Waals surface area contributed by atoms with E-state index >= 15 is 0 Å². The largest absolute Gasteiger partial charge is 0.465 e. The molecule has 0 spiro atoms. The lowest BCUT2D eigenvalue weighted by Gasteiger charge is -2.18. The molecule has 3 rings (SSSR count). The number of carbonyl (C=O) groups excluding carboxylic acids is 3. The van der Waals surface area contributed by atoms with Crippen molar-refractivity contribution in [2.24, 2.45) is 0 Å². The van der Waals surface area contributed by atoms with Crippen LogP contribution in [-0.2, 0) is 32.1 Å². The maximum atomic E-state index is 12.7. The van der Waals surface area contributed by atoms with E-state index in [1.807, 2.05) is 47.8 Å². The highest BCUT2D eigenvalue weighted by molar-refractivity contribution is 7.09. The fraction of sp³-hybridized carbons (Fsp3) is 0.350. The molecule has 2 heterocycles. The van der Waals surface area contributed by atoms with Gasteiger partial charge in [0.1, 0.15) is 18.1 Å². The minimum atomic E-state index is -0.736. The number of nitrogens with one attached hydrogen (secondary N) is 3. The summed E-state index contributed by atoms with van der Waals surface area (Å²) < 4.78 is 4.91. The second kappa shape index (κ2) is 9.48. The molecule has 1 aliphatic rings. The summed E-state index contributed by atoms with van der Waals surface area (Å²) in [7, 11) is 0. The van der Waals surface area contributed by atoms with Crippen LogP contribution in [0.1, 0.15) is 17.4 Å². The van der Waals surface area contributed by atoms with Gasteiger partial charge >= 0.3 is 5.97 Å². The Morgan fingerprint density at radius 1 is 1.14 bits per heavy atom. The van der Waals surface area contributed by atoms with Gasteiger partial charge in [-0.2, -0.15) is 0 Å². The Balaban J connectivity index is 1.61. The highest BCUT2D eigenvalue weighted by Gasteiger charge is 2.49. The van der Waals surface area contributed by atoms with Crippen LogP contribution in [0.3, 0.4) is 0 Å². The Bertz CT molecular complexity index is 810. The smallest absolute Gasteiger partial charge is 0.325 e. The number of benzene rings is 1. The Hall–Kier alpha value is -2.71. The number of rotatable bonds is 9. The quantitative estimate of drug-likeness (QED) is 0.429. The maximum absolute atomic E-state index is 12.7. The summed E-state index contributed by atoms with van der Waals surface area (Å²) in [6.07, 6.45) is 0.361. The monoisotopic (exact) mass is 401 g/mol. The minimum absolute atomic E-state index is 0.257. The summed E-state index contributed by atoms with van der Waals surface area (Å²) in [5, 5.41) is 10.4. The molecule has 3 N–H and O–H groups in total. The molecular weight excluding hydrogens is 378 g/mol. The summed E-state index contributed by atoms with van der Waals surface area (Å²) >= 11 is 1.55. The number of hydrogen-bond donors (Lipinski definition) is 3. The molecule has 0 aliphatic carbocycles. The molecule has 1 aromatic carbocycles. The van der Waals surface area contributed by atoms with Crippen molar-refractivity contribution in [2.75, 3.05) is 6.61 Å². The zero-order valence-electron chi connectivity index (χ0n) is 15.5. The SMILES string of the molecule is CCOC(=O)[C@H]1N[C@@H]1C(=O)N[C@@H](Cc1ccccc1)C(=O)NCc1cccs1. The van der Waals surface area contributed by atoms with Gasteiger partial charge in [0.2, 0.25) is 11.8 Å². The second-order valence-corrected chi connectivity index (χ2v) is 7.45. The Labute approximate surface area is 167 Å². The average Bonchev–Trinajstić information content (AvgIpc) is 3.34. The molecular formula is C20H23N3O4S. The average molecular weight is 401 g/mol. The number of carbonyl (C=O) groups is 3. The fourth-order valence-corrected chi connectivity index (χ4v) is 3.48. The molecule has 0 saturated carbocycles. The van der Waals surface area contributed by atoms with Crippen molar-refractivity contribution in [2.45, 2.75) is 38.0 Å². The third-order valence-electron chi connectivity index (χ3n) is 4.34. The van der Waals surface area contributed by atoms with Gasteiger partial charge in [-0.3, -0.25) is 19.7 Å². The third kappa shape index (κ3) is 5.40. The van der Waals surface area contributed by atoms with Gasteiger partial charge in [-0.15, -0.1) is 11.3 Å². The van der Waals surface area contributed by atoms with Crippen molar-refractivity contribution < 1.29 is 19.1 Å². The maximum Gasteiger partial charge on any atom is 0.325 e. The third-order valence-corrected chi connectivity index (χ3v) is 5.22. The van der Waals surface area contributed by atoms with Gasteiger partial charge in [0.15, 0.2) is 0 Å². The highest BCUT2D eigenvalue weighted by Crippen LogP contribution is 2.14. The molecule has 28 heavy (non-hydrogen) atoms. The zero-order valence-corrected chi connectivity index (χ0v) is 16.3. The van der Waals surface area contributed by atoms with Crippen molar-refractivity contribution in [3.05, 3.63) is 58.3 Å². The van der Waals surface area contributed by atoms with E-state index in [1.54, 1.807) is 18.3 Å². The molecule has 0 bridgehead atoms. The van der Waals surface area contributed by atoms with Crippen LogP contribution in [0, 0.1) is 0 Å². The van der Waals surface area contributed by atoms with E-state index in [0.29, 0.717) is 13.0 Å². The van der Waals surface area contributed by atoms with Gasteiger partial charge in [-0.05, 0) is 23.9 Å². The van der Waals surface area contributed by atoms with Crippen LogP contribution in [0.4, 0.5) is 0 Å². The highest BCUT2D eigenvalue weighted by atomic mass is 32.1. The number of thiophene rings is 1. The molecule has 8 heteroatoms. The van der Waals surface area contributed by atoms with Crippen molar-refractivity contribution in [3.63, 3.8) is 0 Å². The molecule has 0 unspecified atom stereocenters. The van der Waals surface area contributed by atoms with Crippen LogP contribution >= 0.6 is 11.3 Å². The zero-order chi connectivity index (χ0) is 19.9. The molecule has 7 nitrogen and oxygen atoms in total. The lowest BCUT2D eigenvalue weighted by molar-refractivity contribution is -0.143. The van der Waals surface area contributed by atoms with E-state index in [-0.39, 0.29) is 18.4 Å². The van der Waals surface area contributed by atoms with E-state index in [0.717, 1.165) is 10.4 Å². The minimum Gasteiger partial charge on any atom is -0.465 e. The van der Waals surface area contributed by atoms with Gasteiger partial charge in [-0.25, -0.2) is 0 Å². The summed E-state index contributed by atoms with van der Waals surface area (Å²) in [6, 6.07) is 11.3. The van der Waals surface area contributed by atoms with E-state index < -0.39 is 24.1 Å². The standard InChI is InChI=1S/C20H23N3O4S/c1-2-27-20(26)17-16(23-17)19(25)22-15(11-13-7-4-3-5-8-13)18(24)21-12-14-9-6-10-28-14/h3-10,15-17,23H,2,11-12H2,1H3,(H,21,24)(H,22,25)/t15-,16-,17-/m0/s1. The van der Waals surface area contributed by atoms with Crippen LogP contribution in [-0.4, -0.2) is 42.5 Å². The van der Waals surface area contributed by atoms with E-state index in [2.05, 4.69) is 16.0 Å². The van der Waals surface area contributed by atoms with Crippen LogP contribution in [0.2, 0.25) is 0 Å². The van der Waals surface area contributed by atoms with Crippen LogP contribution in [0.15, 0.2) is 47.8 Å². The number of ether oxygens (including phenoxy) is 1. The molecule has 2 aromatic rings. The predicted molar refractivity (Wildman–Crippen MR) is 106 cm³/mol. The van der Waals surface area contributed by atoms with Crippen molar-refractivity contribution >= 4 is 29.1 Å². The second-order valence-electron chi connectivity index (χ2n) is 6.42. The molecule has 2 amide bonds. The molecule has 1 aliphatic heterocycles. The van der Waals surface area contributed by atoms with Crippen LogP contribution in [0.25, 0.3) is 0 Å². The molecule has 1 saturated heterocycles. The van der Waals surface area contributed by atoms with Crippen molar-refractivity contribution in [3.8, 4) is 0 Å². The Kier molecular flexibility index (Phi) is 6.78. The molecule has 0 radical (unpaired) electrons. The topological polar surface area (TPSA) is 106 Å². The van der Waals surface area contributed by atoms with Gasteiger partial charge < -0.3 is 15.4 Å². The fourth-order valence-electron chi connectivity index (χ4n) is 2.83. The molecule has 3 atom stereocenters. The van der Waals surface area contributed by atoms with E-state index in [1.165, 1.54) is 0 Å². The number of esters is 1. The lowest BCUT2D eigenvalue weighted by Crippen LogP contribution is -2.49. The molecule has 1 fully saturated rings. The predicted octanol–water partition coefficient (Wildman–Crippen LogP) is 0.995. The summed E-state index contributed by atoms with van der Waals surface area (Å²) in [5.74, 6) is -1.10.